The zero-order valence-electron chi connectivity index (χ0n) is 14.0. The first-order chi connectivity index (χ1) is 12.5. The van der Waals surface area contributed by atoms with Gasteiger partial charge in [0, 0.05) is 23.6 Å². The zero-order valence-corrected chi connectivity index (χ0v) is 14.0. The highest BCUT2D eigenvalue weighted by molar-refractivity contribution is 6.00. The summed E-state index contributed by atoms with van der Waals surface area (Å²) in [5.41, 5.74) is 0.961. The summed E-state index contributed by atoms with van der Waals surface area (Å²) in [5, 5.41) is 12.9. The molecule has 26 heavy (non-hydrogen) atoms. The molecule has 2 heterocycles. The third-order valence-electron chi connectivity index (χ3n) is 4.83. The highest BCUT2D eigenvalue weighted by Crippen LogP contribution is 2.44. The number of anilines is 1. The van der Waals surface area contributed by atoms with Crippen molar-refractivity contribution in [3.63, 3.8) is 0 Å². The second-order valence-corrected chi connectivity index (χ2v) is 6.36. The van der Waals surface area contributed by atoms with Gasteiger partial charge < -0.3 is 15.2 Å². The second-order valence-electron chi connectivity index (χ2n) is 6.36. The van der Waals surface area contributed by atoms with E-state index in [4.69, 9.17) is 4.74 Å². The van der Waals surface area contributed by atoms with Crippen LogP contribution < -0.4 is 21.3 Å². The van der Waals surface area contributed by atoms with Crippen LogP contribution in [0.4, 0.5) is 5.82 Å². The predicted octanol–water partition coefficient (Wildman–Crippen LogP) is 1.34. The number of ether oxygens (including phenoxy) is 1. The number of phenolic OH excluding ortho intramolecular Hbond substituents is 1. The lowest BCUT2D eigenvalue weighted by Crippen LogP contribution is -2.36. The van der Waals surface area contributed by atoms with Gasteiger partial charge in [-0.15, -0.1) is 0 Å². The highest BCUT2D eigenvalue weighted by Gasteiger charge is 2.37. The molecule has 1 atom stereocenters. The van der Waals surface area contributed by atoms with Gasteiger partial charge in [0.1, 0.15) is 5.82 Å². The number of phenols is 1. The molecule has 8 nitrogen and oxygen atoms in total. The van der Waals surface area contributed by atoms with Crippen LogP contribution in [0.15, 0.2) is 39.1 Å². The SMILES string of the molecule is COc1cc([C@H]2C3=C(CCCC3=O)Nc3[nH]c(=O)[nH]c(=O)c32)ccc1O. The third kappa shape index (κ3) is 2.42. The maximum atomic E-state index is 12.7. The number of carbonyl (C=O) groups excluding carboxylic acids is 1. The molecule has 1 aliphatic carbocycles. The summed E-state index contributed by atoms with van der Waals surface area (Å²) in [7, 11) is 1.43. The minimum Gasteiger partial charge on any atom is -0.504 e. The summed E-state index contributed by atoms with van der Waals surface area (Å²) in [6.45, 7) is 0. The molecule has 1 aromatic heterocycles. The van der Waals surface area contributed by atoms with Crippen LogP contribution in [-0.4, -0.2) is 28.0 Å². The van der Waals surface area contributed by atoms with Crippen LogP contribution in [-0.2, 0) is 4.79 Å². The Labute approximate surface area is 147 Å². The Morgan fingerprint density at radius 3 is 2.73 bits per heavy atom. The summed E-state index contributed by atoms with van der Waals surface area (Å²) in [6, 6.07) is 4.71. The number of ketones is 1. The fourth-order valence-electron chi connectivity index (χ4n) is 3.70. The summed E-state index contributed by atoms with van der Waals surface area (Å²) in [5.74, 6) is -0.181. The Hall–Kier alpha value is -3.29. The molecule has 0 amide bonds. The maximum absolute atomic E-state index is 12.7. The number of rotatable bonds is 2. The van der Waals surface area contributed by atoms with Gasteiger partial charge in [0.25, 0.3) is 5.56 Å². The first kappa shape index (κ1) is 16.2. The standard InChI is InChI=1S/C18H17N3O5/c1-26-12-7-8(5-6-10(12)22)13-14-9(3-2-4-11(14)23)19-16-15(13)17(24)21-18(25)20-16/h5-7,13,22H,2-4H2,1H3,(H3,19,20,21,24,25)/t13-/m0/s1. The molecule has 1 aromatic carbocycles. The number of nitrogens with one attached hydrogen (secondary N) is 3. The van der Waals surface area contributed by atoms with Gasteiger partial charge in [0.15, 0.2) is 17.3 Å². The fraction of sp³-hybridized carbons (Fsp3) is 0.278. The Balaban J connectivity index is 2.01. The maximum Gasteiger partial charge on any atom is 0.327 e. The van der Waals surface area contributed by atoms with Gasteiger partial charge >= 0.3 is 5.69 Å². The molecule has 0 unspecified atom stereocenters. The van der Waals surface area contributed by atoms with Gasteiger partial charge in [-0.3, -0.25) is 19.6 Å². The molecular weight excluding hydrogens is 338 g/mol. The van der Waals surface area contributed by atoms with E-state index in [1.54, 1.807) is 12.1 Å². The molecule has 0 radical (unpaired) electrons. The van der Waals surface area contributed by atoms with E-state index in [1.807, 2.05) is 0 Å². The van der Waals surface area contributed by atoms with Gasteiger partial charge in [0.05, 0.1) is 12.7 Å². The van der Waals surface area contributed by atoms with Crippen molar-refractivity contribution in [3.05, 3.63) is 61.4 Å². The van der Waals surface area contributed by atoms with E-state index in [2.05, 4.69) is 15.3 Å². The van der Waals surface area contributed by atoms with Crippen LogP contribution in [0.5, 0.6) is 11.5 Å². The number of carbonyl (C=O) groups is 1. The molecule has 1 aliphatic heterocycles. The van der Waals surface area contributed by atoms with Crippen LogP contribution in [0.1, 0.15) is 36.3 Å². The van der Waals surface area contributed by atoms with E-state index < -0.39 is 17.2 Å². The van der Waals surface area contributed by atoms with Crippen molar-refractivity contribution < 1.29 is 14.6 Å². The minimum atomic E-state index is -0.649. The molecule has 0 spiro atoms. The number of fused-ring (bicyclic) bond motifs is 1. The summed E-state index contributed by atoms with van der Waals surface area (Å²) in [4.78, 5) is 41.7. The van der Waals surface area contributed by atoms with Crippen LogP contribution in [0.25, 0.3) is 0 Å². The number of aromatic amines is 2. The lowest BCUT2D eigenvalue weighted by Gasteiger charge is -2.32. The van der Waals surface area contributed by atoms with E-state index in [-0.39, 0.29) is 22.8 Å². The average molecular weight is 355 g/mol. The smallest absolute Gasteiger partial charge is 0.327 e. The van der Waals surface area contributed by atoms with E-state index in [1.165, 1.54) is 13.2 Å². The van der Waals surface area contributed by atoms with Gasteiger partial charge in [-0.2, -0.15) is 0 Å². The van der Waals surface area contributed by atoms with E-state index >= 15 is 0 Å². The molecule has 134 valence electrons. The molecule has 8 heteroatoms. The number of hydrogen-bond acceptors (Lipinski definition) is 6. The monoisotopic (exact) mass is 355 g/mol. The number of allylic oxidation sites excluding steroid dienone is 2. The number of aromatic nitrogens is 2. The molecule has 4 N–H and O–H groups in total. The Morgan fingerprint density at radius 2 is 1.96 bits per heavy atom. The van der Waals surface area contributed by atoms with Crippen molar-refractivity contribution >= 4 is 11.6 Å². The van der Waals surface area contributed by atoms with Gasteiger partial charge in [-0.25, -0.2) is 4.79 Å². The number of Topliss-reactive ketones (excluding diaryl/α,β-unsaturated/α-hetero) is 1. The quantitative estimate of drug-likeness (QED) is 0.644. The van der Waals surface area contributed by atoms with Crippen molar-refractivity contribution in [1.29, 1.82) is 0 Å². The second kappa shape index (κ2) is 5.91. The Bertz CT molecular complexity index is 1060. The average Bonchev–Trinajstić information content (AvgIpc) is 2.60. The number of H-pyrrole nitrogens is 2. The molecule has 2 aliphatic rings. The first-order valence-electron chi connectivity index (χ1n) is 8.26. The normalized spacial score (nSPS) is 18.8. The Kier molecular flexibility index (Phi) is 3.68. The van der Waals surface area contributed by atoms with E-state index in [9.17, 15) is 19.5 Å². The molecule has 0 saturated carbocycles. The summed E-state index contributed by atoms with van der Waals surface area (Å²) >= 11 is 0. The molecule has 4 rings (SSSR count). The fourth-order valence-corrected chi connectivity index (χ4v) is 3.70. The lowest BCUT2D eigenvalue weighted by atomic mass is 9.76. The van der Waals surface area contributed by atoms with Crippen LogP contribution in [0.2, 0.25) is 0 Å². The van der Waals surface area contributed by atoms with Crippen LogP contribution in [0.3, 0.4) is 0 Å². The summed E-state index contributed by atoms with van der Waals surface area (Å²) in [6.07, 6.45) is 1.77. The van der Waals surface area contributed by atoms with Crippen LogP contribution >= 0.6 is 0 Å². The van der Waals surface area contributed by atoms with Gasteiger partial charge in [-0.05, 0) is 30.5 Å². The minimum absolute atomic E-state index is 0.0351. The zero-order chi connectivity index (χ0) is 18.4. The van der Waals surface area contributed by atoms with Crippen LogP contribution in [0, 0.1) is 0 Å². The summed E-state index contributed by atoms with van der Waals surface area (Å²) < 4.78 is 5.17. The number of methoxy groups -OCH3 is 1. The van der Waals surface area contributed by atoms with E-state index in [0.29, 0.717) is 41.9 Å². The molecule has 0 fully saturated rings. The van der Waals surface area contributed by atoms with Gasteiger partial charge in [0.2, 0.25) is 0 Å². The Morgan fingerprint density at radius 1 is 1.15 bits per heavy atom. The molecule has 2 aromatic rings. The van der Waals surface area contributed by atoms with Crippen molar-refractivity contribution in [2.45, 2.75) is 25.2 Å². The third-order valence-corrected chi connectivity index (χ3v) is 4.83. The first-order valence-corrected chi connectivity index (χ1v) is 8.26. The predicted molar refractivity (Wildman–Crippen MR) is 93.7 cm³/mol. The molecule has 0 saturated heterocycles. The van der Waals surface area contributed by atoms with Crippen molar-refractivity contribution in [1.82, 2.24) is 9.97 Å². The number of aromatic hydroxyl groups is 1. The lowest BCUT2D eigenvalue weighted by molar-refractivity contribution is -0.116. The van der Waals surface area contributed by atoms with E-state index in [0.717, 1.165) is 0 Å². The van der Waals surface area contributed by atoms with Gasteiger partial charge in [-0.1, -0.05) is 6.07 Å². The van der Waals surface area contributed by atoms with Crippen molar-refractivity contribution in [2.75, 3.05) is 12.4 Å². The largest absolute Gasteiger partial charge is 0.504 e. The molecular formula is C18H17N3O5. The highest BCUT2D eigenvalue weighted by atomic mass is 16.5. The van der Waals surface area contributed by atoms with Crippen molar-refractivity contribution in [3.8, 4) is 11.5 Å². The number of hydrogen-bond donors (Lipinski definition) is 4. The molecule has 0 bridgehead atoms. The number of benzene rings is 1. The van der Waals surface area contributed by atoms with Crippen molar-refractivity contribution in [2.24, 2.45) is 0 Å². The topological polar surface area (TPSA) is 124 Å².